The number of esters is 1. The molecule has 0 spiro atoms. The summed E-state index contributed by atoms with van der Waals surface area (Å²) in [5.41, 5.74) is 0. The van der Waals surface area contributed by atoms with E-state index in [0.717, 1.165) is 6.20 Å². The molecule has 20 heavy (non-hydrogen) atoms. The lowest BCUT2D eigenvalue weighted by Crippen LogP contribution is -2.44. The van der Waals surface area contributed by atoms with Crippen LogP contribution in [0.5, 0.6) is 0 Å². The summed E-state index contributed by atoms with van der Waals surface area (Å²) in [5.74, 6) is -1.24. The highest BCUT2D eigenvalue weighted by Crippen LogP contribution is 2.29. The average Bonchev–Trinajstić information content (AvgIpc) is 2.22. The van der Waals surface area contributed by atoms with Gasteiger partial charge in [0, 0.05) is 12.5 Å². The molecule has 0 saturated carbocycles. The highest BCUT2D eigenvalue weighted by atomic mass is 16.7. The molecule has 0 radical (unpaired) electrons. The van der Waals surface area contributed by atoms with Crippen molar-refractivity contribution in [2.75, 3.05) is 0 Å². The van der Waals surface area contributed by atoms with E-state index in [1.54, 1.807) is 27.7 Å². The van der Waals surface area contributed by atoms with Gasteiger partial charge in [-0.1, -0.05) is 0 Å². The van der Waals surface area contributed by atoms with Crippen LogP contribution in [-0.2, 0) is 19.0 Å². The number of carbonyl (C=O) groups excluding carboxylic acids is 1. The summed E-state index contributed by atoms with van der Waals surface area (Å²) in [6.45, 7) is 6.96. The summed E-state index contributed by atoms with van der Waals surface area (Å²) >= 11 is 0. The second-order valence-electron chi connectivity index (χ2n) is 5.40. The van der Waals surface area contributed by atoms with Crippen LogP contribution in [0.2, 0.25) is 0 Å². The Morgan fingerprint density at radius 2 is 2.15 bits per heavy atom. The van der Waals surface area contributed by atoms with Crippen molar-refractivity contribution in [3.63, 3.8) is 0 Å². The highest BCUT2D eigenvalue weighted by Gasteiger charge is 2.36. The first-order valence-corrected chi connectivity index (χ1v) is 6.55. The maximum atomic E-state index is 11.6. The number of hydrogen-bond acceptors (Lipinski definition) is 6. The monoisotopic (exact) mass is 287 g/mol. The number of ether oxygens (including phenoxy) is 3. The largest absolute Gasteiger partial charge is 0.463 e. The van der Waals surface area contributed by atoms with E-state index < -0.39 is 16.8 Å². The molecule has 1 rings (SSSR count). The molecule has 0 aromatic heterocycles. The molecule has 1 heterocycles. The van der Waals surface area contributed by atoms with Gasteiger partial charge in [0.2, 0.25) is 6.20 Å². The molecule has 114 valence electrons. The molecule has 7 nitrogen and oxygen atoms in total. The molecule has 0 amide bonds. The summed E-state index contributed by atoms with van der Waals surface area (Å²) in [4.78, 5) is 21.4. The molecule has 0 aliphatic carbocycles. The van der Waals surface area contributed by atoms with Gasteiger partial charge in [-0.2, -0.15) is 0 Å². The predicted molar refractivity (Wildman–Crippen MR) is 70.4 cm³/mol. The Kier molecular flexibility index (Phi) is 5.64. The first-order valence-electron chi connectivity index (χ1n) is 6.55. The van der Waals surface area contributed by atoms with Crippen molar-refractivity contribution >= 4 is 5.97 Å². The van der Waals surface area contributed by atoms with Crippen molar-refractivity contribution in [1.29, 1.82) is 0 Å². The van der Waals surface area contributed by atoms with Crippen LogP contribution < -0.4 is 0 Å². The fraction of sp³-hybridized carbons (Fsp3) is 0.769. The number of carbonyl (C=O) groups is 1. The van der Waals surface area contributed by atoms with Gasteiger partial charge in [-0.15, -0.1) is 0 Å². The van der Waals surface area contributed by atoms with Gasteiger partial charge in [0.15, 0.2) is 5.79 Å². The number of nitro groups is 1. The van der Waals surface area contributed by atoms with Crippen molar-refractivity contribution in [3.05, 3.63) is 22.4 Å². The van der Waals surface area contributed by atoms with E-state index in [1.165, 1.54) is 6.08 Å². The van der Waals surface area contributed by atoms with Gasteiger partial charge < -0.3 is 14.2 Å². The maximum Gasteiger partial charge on any atom is 0.308 e. The van der Waals surface area contributed by atoms with Crippen molar-refractivity contribution in [1.82, 2.24) is 0 Å². The Hall–Kier alpha value is -1.47. The van der Waals surface area contributed by atoms with Gasteiger partial charge in [0.05, 0.1) is 29.7 Å². The number of nitrogens with zero attached hydrogens (tertiary/aromatic N) is 1. The van der Waals surface area contributed by atoms with E-state index in [1.807, 2.05) is 0 Å². The molecule has 1 aliphatic rings. The third-order valence-corrected chi connectivity index (χ3v) is 2.56. The second-order valence-corrected chi connectivity index (χ2v) is 5.40. The van der Waals surface area contributed by atoms with Crippen molar-refractivity contribution < 1.29 is 23.9 Å². The Bertz CT molecular complexity index is 390. The van der Waals surface area contributed by atoms with E-state index in [2.05, 4.69) is 0 Å². The van der Waals surface area contributed by atoms with Crippen molar-refractivity contribution in [2.45, 2.75) is 64.6 Å². The summed E-state index contributed by atoms with van der Waals surface area (Å²) in [6, 6.07) is 0. The minimum Gasteiger partial charge on any atom is -0.463 e. The first kappa shape index (κ1) is 16.6. The SMILES string of the molecule is CC(C)OC(=O)C[C@H]1C[C@@H](C=C[N+](=O)[O-])OC(C)(C)O1. The van der Waals surface area contributed by atoms with Crippen LogP contribution in [0.1, 0.15) is 40.5 Å². The molecule has 1 aliphatic heterocycles. The summed E-state index contributed by atoms with van der Waals surface area (Å²) in [6.07, 6.45) is 1.67. The van der Waals surface area contributed by atoms with Gasteiger partial charge in [0.1, 0.15) is 0 Å². The van der Waals surface area contributed by atoms with Gasteiger partial charge in [-0.3, -0.25) is 14.9 Å². The van der Waals surface area contributed by atoms with Gasteiger partial charge in [0.25, 0.3) is 0 Å². The zero-order valence-corrected chi connectivity index (χ0v) is 12.2. The Labute approximate surface area is 118 Å². The lowest BCUT2D eigenvalue weighted by Gasteiger charge is -2.39. The zero-order valence-electron chi connectivity index (χ0n) is 12.2. The molecule has 2 atom stereocenters. The lowest BCUT2D eigenvalue weighted by atomic mass is 10.1. The second kappa shape index (κ2) is 6.81. The molecule has 1 fully saturated rings. The quantitative estimate of drug-likeness (QED) is 0.437. The Morgan fingerprint density at radius 3 is 2.70 bits per heavy atom. The first-order chi connectivity index (χ1) is 9.18. The van der Waals surface area contributed by atoms with Crippen LogP contribution in [0.3, 0.4) is 0 Å². The number of rotatable bonds is 5. The normalized spacial score (nSPS) is 25.9. The van der Waals surface area contributed by atoms with E-state index in [0.29, 0.717) is 6.42 Å². The maximum absolute atomic E-state index is 11.6. The summed E-state index contributed by atoms with van der Waals surface area (Å²) < 4.78 is 16.3. The third-order valence-electron chi connectivity index (χ3n) is 2.56. The smallest absolute Gasteiger partial charge is 0.308 e. The van der Waals surface area contributed by atoms with E-state index in [9.17, 15) is 14.9 Å². The van der Waals surface area contributed by atoms with Gasteiger partial charge >= 0.3 is 5.97 Å². The molecule has 0 unspecified atom stereocenters. The fourth-order valence-corrected chi connectivity index (χ4v) is 2.06. The zero-order chi connectivity index (χ0) is 15.3. The van der Waals surface area contributed by atoms with Crippen LogP contribution in [0.4, 0.5) is 0 Å². The van der Waals surface area contributed by atoms with E-state index in [-0.39, 0.29) is 24.6 Å². The molecule has 7 heteroatoms. The predicted octanol–water partition coefficient (Wildman–Crippen LogP) is 2.03. The van der Waals surface area contributed by atoms with Crippen molar-refractivity contribution in [2.24, 2.45) is 0 Å². The molecule has 0 aromatic carbocycles. The van der Waals surface area contributed by atoms with E-state index >= 15 is 0 Å². The van der Waals surface area contributed by atoms with Crippen LogP contribution in [0.25, 0.3) is 0 Å². The molecular weight excluding hydrogens is 266 g/mol. The van der Waals surface area contributed by atoms with Crippen molar-refractivity contribution in [3.8, 4) is 0 Å². The molecule has 1 saturated heterocycles. The summed E-state index contributed by atoms with van der Waals surface area (Å²) in [7, 11) is 0. The molecule has 0 aromatic rings. The minimum atomic E-state index is -0.896. The van der Waals surface area contributed by atoms with Crippen LogP contribution >= 0.6 is 0 Å². The third kappa shape index (κ3) is 6.12. The van der Waals surface area contributed by atoms with Crippen LogP contribution in [-0.4, -0.2) is 35.0 Å². The fourth-order valence-electron chi connectivity index (χ4n) is 2.06. The molecule has 0 N–H and O–H groups in total. The van der Waals surface area contributed by atoms with Crippen LogP contribution in [0, 0.1) is 10.1 Å². The Balaban J connectivity index is 2.63. The Morgan fingerprint density at radius 1 is 1.50 bits per heavy atom. The minimum absolute atomic E-state index is 0.105. The number of hydrogen-bond donors (Lipinski definition) is 0. The summed E-state index contributed by atoms with van der Waals surface area (Å²) in [5, 5.41) is 10.3. The van der Waals surface area contributed by atoms with E-state index in [4.69, 9.17) is 14.2 Å². The van der Waals surface area contributed by atoms with Gasteiger partial charge in [-0.25, -0.2) is 0 Å². The lowest BCUT2D eigenvalue weighted by molar-refractivity contribution is -0.403. The average molecular weight is 287 g/mol. The van der Waals surface area contributed by atoms with Gasteiger partial charge in [-0.05, 0) is 27.7 Å². The van der Waals surface area contributed by atoms with Crippen LogP contribution in [0.15, 0.2) is 12.3 Å². The molecular formula is C13H21NO6. The molecule has 0 bridgehead atoms. The topological polar surface area (TPSA) is 87.9 Å². The highest BCUT2D eigenvalue weighted by molar-refractivity contribution is 5.70. The standard InChI is InChI=1S/C13H21NO6/c1-9(2)18-12(15)8-11-7-10(5-6-14(16)17)19-13(3,4)20-11/h5-6,9-11H,7-8H2,1-4H3/t10-,11-/m1/s1.